The Morgan fingerprint density at radius 3 is 2.40 bits per heavy atom. The van der Waals surface area contributed by atoms with E-state index < -0.39 is 27.1 Å². The summed E-state index contributed by atoms with van der Waals surface area (Å²) in [6.07, 6.45) is 0.606. The molecule has 1 unspecified atom stereocenters. The normalized spacial score (nSPS) is 22.2. The summed E-state index contributed by atoms with van der Waals surface area (Å²) in [6.45, 7) is 7.16. The molecule has 1 aromatic heterocycles. The van der Waals surface area contributed by atoms with Crippen molar-refractivity contribution in [2.24, 2.45) is 5.41 Å². The lowest BCUT2D eigenvalue weighted by Gasteiger charge is -2.22. The number of nitrogens with zero attached hydrogens (tertiary/aromatic N) is 1. The van der Waals surface area contributed by atoms with Crippen molar-refractivity contribution >= 4 is 10.0 Å². The summed E-state index contributed by atoms with van der Waals surface area (Å²) in [5, 5.41) is 6.56. The van der Waals surface area contributed by atoms with Gasteiger partial charge in [-0.05, 0) is 37.3 Å². The number of sulfonamides is 1. The van der Waals surface area contributed by atoms with Crippen molar-refractivity contribution in [3.8, 4) is 0 Å². The van der Waals surface area contributed by atoms with Crippen LogP contribution in [0.2, 0.25) is 0 Å². The maximum Gasteiger partial charge on any atom is 0.244 e. The van der Waals surface area contributed by atoms with E-state index in [0.29, 0.717) is 23.4 Å². The minimum absolute atomic E-state index is 0.0367. The molecule has 1 aromatic carbocycles. The Morgan fingerprint density at radius 2 is 1.92 bits per heavy atom. The number of aryl methyl sites for hydroxylation is 2. The number of rotatable bonds is 5. The molecule has 0 saturated heterocycles. The topological polar surface area (TPSA) is 74.8 Å². The van der Waals surface area contributed by atoms with E-state index in [-0.39, 0.29) is 16.9 Å². The fourth-order valence-electron chi connectivity index (χ4n) is 3.67. The van der Waals surface area contributed by atoms with Crippen LogP contribution in [0, 0.1) is 30.9 Å². The van der Waals surface area contributed by atoms with E-state index in [4.69, 9.17) is 0 Å². The van der Waals surface area contributed by atoms with Gasteiger partial charge < -0.3 is 0 Å². The van der Waals surface area contributed by atoms with Crippen LogP contribution < -0.4 is 4.72 Å². The molecule has 0 amide bonds. The molecule has 25 heavy (non-hydrogen) atoms. The van der Waals surface area contributed by atoms with Gasteiger partial charge in [-0.3, -0.25) is 5.10 Å². The summed E-state index contributed by atoms with van der Waals surface area (Å²) in [6, 6.07) is 3.44. The molecule has 1 aliphatic carbocycles. The Kier molecular flexibility index (Phi) is 4.04. The quantitative estimate of drug-likeness (QED) is 0.851. The number of halogens is 2. The third-order valence-corrected chi connectivity index (χ3v) is 6.92. The van der Waals surface area contributed by atoms with Gasteiger partial charge in [-0.2, -0.15) is 5.10 Å². The summed E-state index contributed by atoms with van der Waals surface area (Å²) in [5.41, 5.74) is 0.157. The molecule has 1 saturated carbocycles. The highest BCUT2D eigenvalue weighted by Crippen LogP contribution is 2.64. The molecule has 1 atom stereocenters. The Balaban J connectivity index is 1.92. The van der Waals surface area contributed by atoms with Gasteiger partial charge >= 0.3 is 0 Å². The van der Waals surface area contributed by atoms with Crippen LogP contribution in [0.3, 0.4) is 0 Å². The first kappa shape index (κ1) is 18.0. The van der Waals surface area contributed by atoms with E-state index in [1.807, 2.05) is 13.8 Å². The number of aromatic nitrogens is 2. The number of hydrogen-bond donors (Lipinski definition) is 2. The number of nitrogens with one attached hydrogen (secondary N) is 2. The SMILES string of the molecule is Cc1n[nH]c(C)c1S(=O)(=O)NCC1(c2ccc(F)cc2F)CC1(C)C. The third-order valence-electron chi connectivity index (χ3n) is 5.25. The zero-order valence-corrected chi connectivity index (χ0v) is 15.4. The average molecular weight is 369 g/mol. The molecule has 0 radical (unpaired) electrons. The summed E-state index contributed by atoms with van der Waals surface area (Å²) in [5.74, 6) is -1.31. The molecule has 2 aromatic rings. The predicted octanol–water partition coefficient (Wildman–Crippen LogP) is 2.95. The largest absolute Gasteiger partial charge is 0.281 e. The molecule has 5 nitrogen and oxygen atoms in total. The van der Waals surface area contributed by atoms with E-state index in [1.165, 1.54) is 12.1 Å². The van der Waals surface area contributed by atoms with Gasteiger partial charge in [0.2, 0.25) is 10.0 Å². The first-order chi connectivity index (χ1) is 11.5. The van der Waals surface area contributed by atoms with E-state index in [0.717, 1.165) is 6.07 Å². The van der Waals surface area contributed by atoms with Crippen molar-refractivity contribution in [1.29, 1.82) is 0 Å². The second-order valence-corrected chi connectivity index (χ2v) is 9.06. The summed E-state index contributed by atoms with van der Waals surface area (Å²) < 4.78 is 55.5. The van der Waals surface area contributed by atoms with Gasteiger partial charge in [0.05, 0.1) is 11.4 Å². The van der Waals surface area contributed by atoms with Crippen LogP contribution in [0.4, 0.5) is 8.78 Å². The Hall–Kier alpha value is -1.80. The van der Waals surface area contributed by atoms with Crippen LogP contribution in [-0.4, -0.2) is 25.2 Å². The monoisotopic (exact) mass is 369 g/mol. The van der Waals surface area contributed by atoms with Crippen LogP contribution in [0.5, 0.6) is 0 Å². The number of benzene rings is 1. The molecule has 0 spiro atoms. The smallest absolute Gasteiger partial charge is 0.244 e. The van der Waals surface area contributed by atoms with Gasteiger partial charge in [-0.25, -0.2) is 21.9 Å². The van der Waals surface area contributed by atoms with E-state index in [2.05, 4.69) is 14.9 Å². The second kappa shape index (κ2) is 5.60. The van der Waals surface area contributed by atoms with Gasteiger partial charge in [0, 0.05) is 18.0 Å². The van der Waals surface area contributed by atoms with Crippen LogP contribution >= 0.6 is 0 Å². The molecule has 1 aliphatic rings. The molecule has 1 fully saturated rings. The van der Waals surface area contributed by atoms with E-state index in [1.54, 1.807) is 13.8 Å². The van der Waals surface area contributed by atoms with Crippen molar-refractivity contribution in [1.82, 2.24) is 14.9 Å². The summed E-state index contributed by atoms with van der Waals surface area (Å²) >= 11 is 0. The first-order valence-corrected chi connectivity index (χ1v) is 9.45. The van der Waals surface area contributed by atoms with Crippen molar-refractivity contribution in [3.63, 3.8) is 0 Å². The Bertz CT molecular complexity index is 918. The number of H-pyrrole nitrogens is 1. The van der Waals surface area contributed by atoms with Crippen LogP contribution in [0.25, 0.3) is 0 Å². The lowest BCUT2D eigenvalue weighted by Crippen LogP contribution is -2.35. The highest BCUT2D eigenvalue weighted by atomic mass is 32.2. The maximum absolute atomic E-state index is 14.3. The zero-order valence-electron chi connectivity index (χ0n) is 14.6. The predicted molar refractivity (Wildman–Crippen MR) is 89.7 cm³/mol. The van der Waals surface area contributed by atoms with Crippen molar-refractivity contribution in [2.45, 2.75) is 44.4 Å². The average Bonchev–Trinajstić information content (AvgIpc) is 2.87. The zero-order chi connectivity index (χ0) is 18.6. The van der Waals surface area contributed by atoms with E-state index in [9.17, 15) is 17.2 Å². The fourth-order valence-corrected chi connectivity index (χ4v) is 5.14. The number of hydrogen-bond acceptors (Lipinski definition) is 3. The van der Waals surface area contributed by atoms with Gasteiger partial charge in [0.25, 0.3) is 0 Å². The summed E-state index contributed by atoms with van der Waals surface area (Å²) in [4.78, 5) is 0.112. The van der Waals surface area contributed by atoms with Crippen LogP contribution in [0.15, 0.2) is 23.1 Å². The molecule has 3 rings (SSSR count). The minimum atomic E-state index is -3.79. The number of aromatic amines is 1. The van der Waals surface area contributed by atoms with Gasteiger partial charge in [0.1, 0.15) is 16.5 Å². The minimum Gasteiger partial charge on any atom is -0.281 e. The molecule has 0 aliphatic heterocycles. The summed E-state index contributed by atoms with van der Waals surface area (Å²) in [7, 11) is -3.79. The van der Waals surface area contributed by atoms with Crippen LogP contribution in [-0.2, 0) is 15.4 Å². The maximum atomic E-state index is 14.3. The molecule has 1 heterocycles. The lowest BCUT2D eigenvalue weighted by atomic mass is 9.87. The van der Waals surface area contributed by atoms with Crippen LogP contribution in [0.1, 0.15) is 37.2 Å². The third kappa shape index (κ3) is 2.87. The molecule has 0 bridgehead atoms. The van der Waals surface area contributed by atoms with Gasteiger partial charge in [0.15, 0.2) is 0 Å². The van der Waals surface area contributed by atoms with Gasteiger partial charge in [-0.15, -0.1) is 0 Å². The fraction of sp³-hybridized carbons (Fsp3) is 0.471. The molecule has 8 heteroatoms. The Morgan fingerprint density at radius 1 is 1.28 bits per heavy atom. The standard InChI is InChI=1S/C17H21F2N3O2S/c1-10-15(11(2)22-21-10)25(23,24)20-9-17(8-16(17,3)4)13-6-5-12(18)7-14(13)19/h5-7,20H,8-9H2,1-4H3,(H,21,22). The van der Waals surface area contributed by atoms with Crippen molar-refractivity contribution in [2.75, 3.05) is 6.54 Å². The van der Waals surface area contributed by atoms with Crippen molar-refractivity contribution in [3.05, 3.63) is 46.8 Å². The molecular formula is C17H21F2N3O2S. The second-order valence-electron chi connectivity index (χ2n) is 7.35. The Labute approximate surface area is 145 Å². The highest BCUT2D eigenvalue weighted by Gasteiger charge is 2.63. The van der Waals surface area contributed by atoms with E-state index >= 15 is 0 Å². The highest BCUT2D eigenvalue weighted by molar-refractivity contribution is 7.89. The molecule has 136 valence electrons. The van der Waals surface area contributed by atoms with Gasteiger partial charge in [-0.1, -0.05) is 19.9 Å². The molecular weight excluding hydrogens is 348 g/mol. The first-order valence-electron chi connectivity index (χ1n) is 7.97. The molecule has 2 N–H and O–H groups in total. The van der Waals surface area contributed by atoms with Crippen molar-refractivity contribution < 1.29 is 17.2 Å². The lowest BCUT2D eigenvalue weighted by molar-refractivity contribution is 0.459.